The quantitative estimate of drug-likeness (QED) is 0.444. The summed E-state index contributed by atoms with van der Waals surface area (Å²) in [6.45, 7) is 3.79. The number of rotatable bonds is 3. The fraction of sp³-hybridized carbons (Fsp3) is 0.238. The zero-order valence-electron chi connectivity index (χ0n) is 17.2. The summed E-state index contributed by atoms with van der Waals surface area (Å²) in [5, 5.41) is 21.4. The number of piperazine rings is 1. The Bertz CT molecular complexity index is 1290. The van der Waals surface area contributed by atoms with Crippen LogP contribution in [0.15, 0.2) is 47.4 Å². The third-order valence-corrected chi connectivity index (χ3v) is 5.47. The molecule has 9 nitrogen and oxygen atoms in total. The van der Waals surface area contributed by atoms with Gasteiger partial charge >= 0.3 is 0 Å². The molecule has 0 atom stereocenters. The summed E-state index contributed by atoms with van der Waals surface area (Å²) in [6.07, 6.45) is 1.71. The van der Waals surface area contributed by atoms with E-state index in [1.54, 1.807) is 6.20 Å². The predicted octanol–water partition coefficient (Wildman–Crippen LogP) is 2.35. The molecule has 1 aliphatic rings. The Kier molecular flexibility index (Phi) is 5.94. The van der Waals surface area contributed by atoms with E-state index in [4.69, 9.17) is 0 Å². The summed E-state index contributed by atoms with van der Waals surface area (Å²) in [7, 11) is 2.10. The van der Waals surface area contributed by atoms with Crippen LogP contribution in [-0.2, 0) is 0 Å². The molecule has 1 fully saturated rings. The van der Waals surface area contributed by atoms with Crippen molar-refractivity contribution in [3.05, 3.63) is 58.8 Å². The number of fused-ring (bicyclic) bond motifs is 1. The van der Waals surface area contributed by atoms with Gasteiger partial charge in [0, 0.05) is 44.0 Å². The Labute approximate surface area is 192 Å². The molecule has 5 rings (SSSR count). The second kappa shape index (κ2) is 8.67. The molecule has 1 saturated heterocycles. The van der Waals surface area contributed by atoms with Crippen molar-refractivity contribution in [3.8, 4) is 22.7 Å². The molecule has 0 spiro atoms. The lowest BCUT2D eigenvalue weighted by molar-refractivity contribution is 0.312. The molecule has 0 radical (unpaired) electrons. The highest BCUT2D eigenvalue weighted by Gasteiger charge is 2.19. The minimum Gasteiger partial charge on any atom is -0.506 e. The second-order valence-electron chi connectivity index (χ2n) is 7.53. The monoisotopic (exact) mass is 501 g/mol. The van der Waals surface area contributed by atoms with Crippen LogP contribution in [0.25, 0.3) is 28.0 Å². The molecule has 11 heteroatoms. The number of hydrogen-bond acceptors (Lipinski definition) is 7. The number of pyridine rings is 1. The summed E-state index contributed by atoms with van der Waals surface area (Å²) >= 11 is 0. The van der Waals surface area contributed by atoms with E-state index in [2.05, 4.69) is 37.1 Å². The van der Waals surface area contributed by atoms with Gasteiger partial charge in [0.1, 0.15) is 28.5 Å². The molecule has 0 unspecified atom stereocenters. The third kappa shape index (κ3) is 3.84. The largest absolute Gasteiger partial charge is 0.506 e. The van der Waals surface area contributed by atoms with Crippen molar-refractivity contribution < 1.29 is 9.50 Å². The molecule has 0 aliphatic carbocycles. The van der Waals surface area contributed by atoms with Gasteiger partial charge in [0.15, 0.2) is 5.82 Å². The summed E-state index contributed by atoms with van der Waals surface area (Å²) < 4.78 is 15.2. The maximum atomic E-state index is 14.3. The minimum atomic E-state index is -0.753. The Balaban J connectivity index is 0.00000245. The first-order valence-corrected chi connectivity index (χ1v) is 9.87. The van der Waals surface area contributed by atoms with Crippen molar-refractivity contribution in [2.24, 2.45) is 0 Å². The van der Waals surface area contributed by atoms with Crippen LogP contribution in [0.5, 0.6) is 5.75 Å². The molecule has 32 heavy (non-hydrogen) atoms. The molecular weight excluding hydrogens is 481 g/mol. The topological polar surface area (TPSA) is 103 Å². The van der Waals surface area contributed by atoms with Gasteiger partial charge in [0.05, 0.1) is 5.52 Å². The molecule has 3 aromatic heterocycles. The molecule has 0 bridgehead atoms. The number of hydrogen-bond donors (Lipinski definition) is 2. The maximum Gasteiger partial charge on any atom is 0.273 e. The van der Waals surface area contributed by atoms with Crippen molar-refractivity contribution in [2.45, 2.75) is 0 Å². The van der Waals surface area contributed by atoms with E-state index in [9.17, 15) is 14.3 Å². The van der Waals surface area contributed by atoms with E-state index < -0.39 is 11.4 Å². The van der Waals surface area contributed by atoms with Crippen LogP contribution in [0.4, 0.5) is 10.2 Å². The molecule has 1 aromatic carbocycles. The fourth-order valence-electron chi connectivity index (χ4n) is 3.71. The highest BCUT2D eigenvalue weighted by Crippen LogP contribution is 2.27. The van der Waals surface area contributed by atoms with Crippen molar-refractivity contribution >= 4 is 33.8 Å². The first-order chi connectivity index (χ1) is 15.0. The molecule has 2 N–H and O–H groups in total. The van der Waals surface area contributed by atoms with E-state index in [1.807, 2.05) is 12.1 Å². The number of nitrogens with zero attached hydrogens (tertiary/aromatic N) is 6. The Morgan fingerprint density at radius 2 is 1.91 bits per heavy atom. The molecule has 1 aliphatic heterocycles. The number of aromatic amines is 1. The smallest absolute Gasteiger partial charge is 0.273 e. The fourth-order valence-corrected chi connectivity index (χ4v) is 3.71. The summed E-state index contributed by atoms with van der Waals surface area (Å²) in [5.74, 6) is -0.243. The van der Waals surface area contributed by atoms with Crippen molar-refractivity contribution in [1.82, 2.24) is 29.9 Å². The Morgan fingerprint density at radius 3 is 2.59 bits per heavy atom. The lowest BCUT2D eigenvalue weighted by Crippen LogP contribution is -2.44. The number of phenolic OH excluding ortho intramolecular Hbond substituents is 1. The standard InChI is InChI=1S/C21H20FN7O2.BrH/c1-27-7-9-28(10-8-27)17-6-5-13(12-23-17)19-20-15(24-25-19)11-18(31)29(26-20)21-14(22)3-2-4-16(21)30;/h2-6,11-12,24,30H,7-10H2,1H3;1H. The number of likely N-dealkylation sites (N-methyl/N-ethyl adjacent to an activating group) is 1. The number of aromatic nitrogens is 5. The highest BCUT2D eigenvalue weighted by molar-refractivity contribution is 8.93. The van der Waals surface area contributed by atoms with Gasteiger partial charge in [0.2, 0.25) is 0 Å². The Morgan fingerprint density at radius 1 is 1.12 bits per heavy atom. The number of para-hydroxylation sites is 1. The highest BCUT2D eigenvalue weighted by atomic mass is 79.9. The van der Waals surface area contributed by atoms with E-state index in [1.165, 1.54) is 18.2 Å². The van der Waals surface area contributed by atoms with E-state index in [0.717, 1.165) is 42.7 Å². The second-order valence-corrected chi connectivity index (χ2v) is 7.53. The lowest BCUT2D eigenvalue weighted by Gasteiger charge is -2.33. The first-order valence-electron chi connectivity index (χ1n) is 9.87. The minimum absolute atomic E-state index is 0. The van der Waals surface area contributed by atoms with Crippen LogP contribution in [0.3, 0.4) is 0 Å². The molecule has 4 aromatic rings. The van der Waals surface area contributed by atoms with Gasteiger partial charge in [-0.1, -0.05) is 6.07 Å². The SMILES string of the molecule is Br.CN1CCN(c2ccc(-c3n[nH]c4cc(=O)n(-c5c(O)cccc5F)nc34)cn2)CC1. The normalized spacial score (nSPS) is 14.5. The van der Waals surface area contributed by atoms with Gasteiger partial charge < -0.3 is 14.9 Å². The number of benzene rings is 1. The van der Waals surface area contributed by atoms with Crippen molar-refractivity contribution in [1.29, 1.82) is 0 Å². The third-order valence-electron chi connectivity index (χ3n) is 5.47. The number of anilines is 1. The number of phenols is 1. The van der Waals surface area contributed by atoms with Gasteiger partial charge in [0.25, 0.3) is 5.56 Å². The van der Waals surface area contributed by atoms with E-state index in [0.29, 0.717) is 22.3 Å². The van der Waals surface area contributed by atoms with Gasteiger partial charge in [-0.2, -0.15) is 14.9 Å². The number of halogens is 2. The number of aromatic hydroxyl groups is 1. The Hall–Kier alpha value is -3.31. The van der Waals surface area contributed by atoms with Crippen LogP contribution in [-0.4, -0.2) is 68.2 Å². The predicted molar refractivity (Wildman–Crippen MR) is 124 cm³/mol. The average molecular weight is 502 g/mol. The van der Waals surface area contributed by atoms with Crippen molar-refractivity contribution in [2.75, 3.05) is 38.1 Å². The number of H-pyrrole nitrogens is 1. The molecule has 0 amide bonds. The molecule has 166 valence electrons. The van der Waals surface area contributed by atoms with Crippen LogP contribution in [0, 0.1) is 5.82 Å². The average Bonchev–Trinajstić information content (AvgIpc) is 3.17. The van der Waals surface area contributed by atoms with Gasteiger partial charge in [-0.3, -0.25) is 9.89 Å². The summed E-state index contributed by atoms with van der Waals surface area (Å²) in [4.78, 5) is 21.6. The van der Waals surface area contributed by atoms with Crippen LogP contribution in [0.1, 0.15) is 0 Å². The zero-order chi connectivity index (χ0) is 21.5. The van der Waals surface area contributed by atoms with Crippen LogP contribution >= 0.6 is 17.0 Å². The number of nitrogens with one attached hydrogen (secondary N) is 1. The summed E-state index contributed by atoms with van der Waals surface area (Å²) in [5.41, 5.74) is 1.08. The van der Waals surface area contributed by atoms with Crippen molar-refractivity contribution in [3.63, 3.8) is 0 Å². The van der Waals surface area contributed by atoms with Gasteiger partial charge in [-0.25, -0.2) is 9.37 Å². The molecule has 4 heterocycles. The maximum absolute atomic E-state index is 14.3. The summed E-state index contributed by atoms with van der Waals surface area (Å²) in [6, 6.07) is 8.91. The van der Waals surface area contributed by atoms with Gasteiger partial charge in [-0.15, -0.1) is 17.0 Å². The van der Waals surface area contributed by atoms with E-state index >= 15 is 0 Å². The molecular formula is C21H21BrFN7O2. The van der Waals surface area contributed by atoms with E-state index in [-0.39, 0.29) is 28.4 Å². The van der Waals surface area contributed by atoms with Crippen LogP contribution < -0.4 is 10.5 Å². The molecule has 0 saturated carbocycles. The zero-order valence-corrected chi connectivity index (χ0v) is 18.9. The van der Waals surface area contributed by atoms with Gasteiger partial charge in [-0.05, 0) is 31.3 Å². The van der Waals surface area contributed by atoms with Crippen LogP contribution in [0.2, 0.25) is 0 Å². The first kappa shape index (κ1) is 21.9. The lowest BCUT2D eigenvalue weighted by atomic mass is 10.2.